The van der Waals surface area contributed by atoms with Crippen LogP contribution in [0.4, 0.5) is 11.6 Å². The molecule has 0 unspecified atom stereocenters. The molecule has 0 aliphatic carbocycles. The summed E-state index contributed by atoms with van der Waals surface area (Å²) in [6, 6.07) is 10.2. The monoisotopic (exact) mass is 457 g/mol. The first-order chi connectivity index (χ1) is 16.1. The number of hydrogen-bond acceptors (Lipinski definition) is 6. The zero-order chi connectivity index (χ0) is 24.2. The van der Waals surface area contributed by atoms with Gasteiger partial charge in [-0.05, 0) is 56.3 Å². The van der Waals surface area contributed by atoms with Crippen molar-refractivity contribution in [2.24, 2.45) is 0 Å². The van der Waals surface area contributed by atoms with Crippen LogP contribution in [-0.4, -0.2) is 36.3 Å². The summed E-state index contributed by atoms with van der Waals surface area (Å²) in [5.41, 5.74) is 5.74. The van der Waals surface area contributed by atoms with Crippen LogP contribution in [0.2, 0.25) is 0 Å². The molecule has 8 nitrogen and oxygen atoms in total. The van der Waals surface area contributed by atoms with E-state index in [1.807, 2.05) is 30.7 Å². The predicted octanol–water partition coefficient (Wildman–Crippen LogP) is 4.54. The van der Waals surface area contributed by atoms with Gasteiger partial charge >= 0.3 is 0 Å². The fourth-order valence-electron chi connectivity index (χ4n) is 4.51. The Morgan fingerprint density at radius 1 is 1.03 bits per heavy atom. The quantitative estimate of drug-likeness (QED) is 0.484. The molecule has 0 saturated carbocycles. The van der Waals surface area contributed by atoms with Gasteiger partial charge in [-0.2, -0.15) is 4.98 Å². The Kier molecular flexibility index (Phi) is 5.28. The molecule has 5 rings (SSSR count). The van der Waals surface area contributed by atoms with Crippen LogP contribution < -0.4 is 10.9 Å². The van der Waals surface area contributed by atoms with Crippen molar-refractivity contribution in [3.8, 4) is 5.69 Å². The molecule has 3 aromatic heterocycles. The van der Waals surface area contributed by atoms with E-state index in [0.717, 1.165) is 30.2 Å². The average Bonchev–Trinajstić information content (AvgIpc) is 3.29. The lowest BCUT2D eigenvalue weighted by Crippen LogP contribution is -2.24. The molecule has 8 heteroatoms. The number of nitrogens with one attached hydrogen (secondary N) is 1. The van der Waals surface area contributed by atoms with Gasteiger partial charge in [0.15, 0.2) is 5.65 Å². The Morgan fingerprint density at radius 3 is 2.53 bits per heavy atom. The molecule has 34 heavy (non-hydrogen) atoms. The van der Waals surface area contributed by atoms with Crippen molar-refractivity contribution in [1.29, 1.82) is 0 Å². The number of pyridine rings is 1. The topological polar surface area (TPSA) is 80.9 Å². The lowest BCUT2D eigenvalue weighted by molar-refractivity contribution is 0.353. The molecular formula is C26H31N7O. The molecule has 1 aliphatic rings. The molecule has 1 N–H and O–H groups in total. The second kappa shape index (κ2) is 8.06. The smallest absolute Gasteiger partial charge is 0.278 e. The maximum atomic E-state index is 13.3. The van der Waals surface area contributed by atoms with Gasteiger partial charge in [-0.25, -0.2) is 14.3 Å². The summed E-state index contributed by atoms with van der Waals surface area (Å²) in [6.07, 6.45) is 3.41. The van der Waals surface area contributed by atoms with Gasteiger partial charge in [0.2, 0.25) is 5.95 Å². The van der Waals surface area contributed by atoms with Crippen molar-refractivity contribution in [1.82, 2.24) is 29.2 Å². The van der Waals surface area contributed by atoms with E-state index in [1.54, 1.807) is 17.1 Å². The summed E-state index contributed by atoms with van der Waals surface area (Å²) in [5.74, 6) is 0.457. The molecule has 0 atom stereocenters. The van der Waals surface area contributed by atoms with Crippen LogP contribution in [0.3, 0.4) is 0 Å². The molecular weight excluding hydrogens is 426 g/mol. The second-order valence-corrected chi connectivity index (χ2v) is 10.4. The van der Waals surface area contributed by atoms with Crippen molar-refractivity contribution in [2.75, 3.05) is 12.4 Å². The van der Waals surface area contributed by atoms with E-state index < -0.39 is 0 Å². The summed E-state index contributed by atoms with van der Waals surface area (Å²) >= 11 is 0. The molecule has 0 fully saturated rings. The van der Waals surface area contributed by atoms with Crippen molar-refractivity contribution in [2.45, 2.75) is 59.2 Å². The number of aromatic nitrogens is 5. The van der Waals surface area contributed by atoms with Crippen LogP contribution >= 0.6 is 0 Å². The number of nitrogens with zero attached hydrogens (tertiary/aromatic N) is 6. The van der Waals surface area contributed by atoms with E-state index in [2.05, 4.69) is 66.2 Å². The van der Waals surface area contributed by atoms with E-state index >= 15 is 0 Å². The lowest BCUT2D eigenvalue weighted by atomic mass is 9.91. The Bertz CT molecular complexity index is 1440. The summed E-state index contributed by atoms with van der Waals surface area (Å²) < 4.78 is 3.62. The summed E-state index contributed by atoms with van der Waals surface area (Å²) in [4.78, 5) is 29.4. The first-order valence-electron chi connectivity index (χ1n) is 11.7. The minimum atomic E-state index is -0.120. The van der Waals surface area contributed by atoms with Gasteiger partial charge in [-0.15, -0.1) is 0 Å². The van der Waals surface area contributed by atoms with E-state index in [1.165, 1.54) is 11.1 Å². The molecule has 0 radical (unpaired) electrons. The Labute approximate surface area is 199 Å². The molecule has 1 aliphatic heterocycles. The molecule has 1 aromatic carbocycles. The van der Waals surface area contributed by atoms with E-state index in [4.69, 9.17) is 4.98 Å². The summed E-state index contributed by atoms with van der Waals surface area (Å²) in [6.45, 7) is 12.3. The summed E-state index contributed by atoms with van der Waals surface area (Å²) in [5, 5.41) is 3.82. The van der Waals surface area contributed by atoms with Crippen LogP contribution in [0.25, 0.3) is 16.7 Å². The third kappa shape index (κ3) is 3.88. The predicted molar refractivity (Wildman–Crippen MR) is 135 cm³/mol. The first kappa shape index (κ1) is 22.3. The Hall–Kier alpha value is -3.52. The lowest BCUT2D eigenvalue weighted by Gasteiger charge is -2.20. The highest BCUT2D eigenvalue weighted by Gasteiger charge is 2.22. The minimum absolute atomic E-state index is 0.0574. The van der Waals surface area contributed by atoms with Crippen LogP contribution in [0, 0.1) is 0 Å². The first-order valence-corrected chi connectivity index (χ1v) is 11.7. The third-order valence-electron chi connectivity index (χ3n) is 6.21. The molecule has 4 aromatic rings. The Morgan fingerprint density at radius 2 is 1.79 bits per heavy atom. The van der Waals surface area contributed by atoms with Gasteiger partial charge in [-0.1, -0.05) is 26.8 Å². The average molecular weight is 458 g/mol. The van der Waals surface area contributed by atoms with E-state index in [-0.39, 0.29) is 17.0 Å². The highest BCUT2D eigenvalue weighted by atomic mass is 16.1. The standard InChI is InChI=1S/C26H31N7O/c1-16(2)32-24(34)21-13-28-25(29-19-8-7-17-14-31(6)15-18(17)11-19)30-23(21)33(32)20-9-10-27-22(12-20)26(3,4)5/h7-13,16H,14-15H2,1-6H3,(H,28,29,30). The molecule has 0 amide bonds. The third-order valence-corrected chi connectivity index (χ3v) is 6.21. The second-order valence-electron chi connectivity index (χ2n) is 10.4. The number of benzene rings is 1. The van der Waals surface area contributed by atoms with E-state index in [9.17, 15) is 4.79 Å². The summed E-state index contributed by atoms with van der Waals surface area (Å²) in [7, 11) is 2.12. The molecule has 4 heterocycles. The van der Waals surface area contributed by atoms with Gasteiger partial charge in [0.25, 0.3) is 5.56 Å². The van der Waals surface area contributed by atoms with Crippen molar-refractivity contribution >= 4 is 22.7 Å². The zero-order valence-corrected chi connectivity index (χ0v) is 20.6. The largest absolute Gasteiger partial charge is 0.324 e. The highest BCUT2D eigenvalue weighted by Crippen LogP contribution is 2.27. The molecule has 0 spiro atoms. The van der Waals surface area contributed by atoms with Gasteiger partial charge in [0.1, 0.15) is 5.39 Å². The SMILES string of the molecule is CC(C)n1c(=O)c2cnc(Nc3ccc4c(c3)CN(C)C4)nc2n1-c1ccnc(C(C)(C)C)c1. The molecule has 176 valence electrons. The van der Waals surface area contributed by atoms with Gasteiger partial charge < -0.3 is 5.32 Å². The van der Waals surface area contributed by atoms with Crippen molar-refractivity contribution < 1.29 is 0 Å². The maximum Gasteiger partial charge on any atom is 0.278 e. The number of anilines is 2. The zero-order valence-electron chi connectivity index (χ0n) is 20.6. The number of rotatable bonds is 4. The van der Waals surface area contributed by atoms with Gasteiger partial charge in [0.05, 0.1) is 5.69 Å². The Balaban J connectivity index is 1.63. The van der Waals surface area contributed by atoms with Crippen LogP contribution in [0.5, 0.6) is 0 Å². The molecule has 0 bridgehead atoms. The fourth-order valence-corrected chi connectivity index (χ4v) is 4.51. The normalized spacial score (nSPS) is 14.2. The van der Waals surface area contributed by atoms with Gasteiger partial charge in [-0.3, -0.25) is 14.7 Å². The maximum absolute atomic E-state index is 13.3. The molecule has 0 saturated heterocycles. The van der Waals surface area contributed by atoms with Crippen LogP contribution in [0.15, 0.2) is 47.5 Å². The number of hydrogen-bond donors (Lipinski definition) is 1. The number of fused-ring (bicyclic) bond motifs is 2. The van der Waals surface area contributed by atoms with Crippen molar-refractivity contribution in [3.63, 3.8) is 0 Å². The minimum Gasteiger partial charge on any atom is -0.324 e. The van der Waals surface area contributed by atoms with Crippen LogP contribution in [0.1, 0.15) is 57.5 Å². The van der Waals surface area contributed by atoms with E-state index in [0.29, 0.717) is 17.0 Å². The fraction of sp³-hybridized carbons (Fsp3) is 0.385. The van der Waals surface area contributed by atoms with Gasteiger partial charge in [0, 0.05) is 48.3 Å². The van der Waals surface area contributed by atoms with Crippen LogP contribution in [-0.2, 0) is 18.5 Å². The van der Waals surface area contributed by atoms with Crippen molar-refractivity contribution in [3.05, 3.63) is 69.9 Å². The highest BCUT2D eigenvalue weighted by molar-refractivity contribution is 5.77.